The maximum atomic E-state index is 14.4. The number of para-hydroxylation sites is 1. The first-order valence-corrected chi connectivity index (χ1v) is 18.5. The Kier molecular flexibility index (Phi) is 10.7. The predicted octanol–water partition coefficient (Wildman–Crippen LogP) is 6.18. The lowest BCUT2D eigenvalue weighted by Crippen LogP contribution is -2.37. The van der Waals surface area contributed by atoms with Gasteiger partial charge in [-0.15, -0.1) is 5.06 Å². The van der Waals surface area contributed by atoms with E-state index in [0.717, 1.165) is 22.4 Å². The molecule has 2 heterocycles. The summed E-state index contributed by atoms with van der Waals surface area (Å²) in [5.74, 6) is -2.12. The van der Waals surface area contributed by atoms with E-state index in [0.29, 0.717) is 51.0 Å². The molecule has 0 unspecified atom stereocenters. The summed E-state index contributed by atoms with van der Waals surface area (Å²) in [4.78, 5) is 56.3. The number of aryl methyl sites for hydroxylation is 3. The van der Waals surface area contributed by atoms with Crippen LogP contribution < -0.4 is 14.0 Å². The molecule has 5 aromatic rings. The summed E-state index contributed by atoms with van der Waals surface area (Å²) in [6.07, 6.45) is 4.49. The Bertz CT molecular complexity index is 2380. The molecule has 0 aliphatic carbocycles. The van der Waals surface area contributed by atoms with Gasteiger partial charge in [-0.05, 0) is 85.0 Å². The number of methoxy groups -OCH3 is 1. The molecule has 0 spiro atoms. The van der Waals surface area contributed by atoms with Gasteiger partial charge in [0.2, 0.25) is 11.0 Å². The third-order valence-corrected chi connectivity index (χ3v) is 9.74. The molecule has 1 aromatic heterocycles. The van der Waals surface area contributed by atoms with Gasteiger partial charge in [-0.3, -0.25) is 14.1 Å². The highest BCUT2D eigenvalue weighted by molar-refractivity contribution is 7.85. The number of amides is 2. The molecule has 1 N–H and O–H groups in total. The molecule has 0 radical (unpaired) electrons. The van der Waals surface area contributed by atoms with E-state index in [-0.39, 0.29) is 36.3 Å². The van der Waals surface area contributed by atoms with Gasteiger partial charge in [-0.25, -0.2) is 9.59 Å². The van der Waals surface area contributed by atoms with Crippen molar-refractivity contribution in [3.8, 4) is 11.5 Å². The van der Waals surface area contributed by atoms with Gasteiger partial charge in [0, 0.05) is 31.4 Å². The van der Waals surface area contributed by atoms with Gasteiger partial charge in [0.05, 0.1) is 34.8 Å². The van der Waals surface area contributed by atoms with Crippen molar-refractivity contribution in [2.24, 2.45) is 0 Å². The molecule has 2 amide bonds. The first kappa shape index (κ1) is 36.9. The Labute approximate surface area is 305 Å². The van der Waals surface area contributed by atoms with Crippen LogP contribution in [-0.2, 0) is 31.1 Å². The minimum absolute atomic E-state index is 0.0313. The second kappa shape index (κ2) is 15.4. The van der Waals surface area contributed by atoms with Crippen LogP contribution in [0.15, 0.2) is 78.9 Å². The molecule has 0 atom stereocenters. The Morgan fingerprint density at radius 3 is 2.09 bits per heavy atom. The lowest BCUT2D eigenvalue weighted by Gasteiger charge is -2.16. The standard InChI is InChI=1S/C40H36N2O10S/c1-25-22-29(39(45)52-42-35(43)18-19-36(42)44)23-26(2)38(25)51-40(46)37-31-8-4-5-9-33(31)41(20-6-7-21-53(47,48)49)34-17-14-28(24-32(34)37)11-10-27-12-15-30(50-3)16-13-27/h4-5,8-17,22-24H,6-7,18-21H2,1-3H3/p+1. The summed E-state index contributed by atoms with van der Waals surface area (Å²) < 4.78 is 45.5. The van der Waals surface area contributed by atoms with Crippen molar-refractivity contribution in [2.45, 2.75) is 46.1 Å². The molecule has 0 bridgehead atoms. The van der Waals surface area contributed by atoms with E-state index in [1.165, 1.54) is 12.1 Å². The molecule has 1 saturated heterocycles. The highest BCUT2D eigenvalue weighted by atomic mass is 32.2. The van der Waals surface area contributed by atoms with E-state index in [1.54, 1.807) is 21.0 Å². The van der Waals surface area contributed by atoms with Crippen LogP contribution in [-0.4, -0.2) is 54.6 Å². The second-order valence-corrected chi connectivity index (χ2v) is 14.3. The average Bonchev–Trinajstić information content (AvgIpc) is 3.45. The van der Waals surface area contributed by atoms with Crippen molar-refractivity contribution in [3.05, 3.63) is 112 Å². The molecule has 4 aromatic carbocycles. The fourth-order valence-corrected chi connectivity index (χ4v) is 6.95. The highest BCUT2D eigenvalue weighted by Crippen LogP contribution is 2.31. The number of nitrogens with zero attached hydrogens (tertiary/aromatic N) is 2. The summed E-state index contributed by atoms with van der Waals surface area (Å²) in [6, 6.07) is 23.6. The molecule has 53 heavy (non-hydrogen) atoms. The Morgan fingerprint density at radius 1 is 0.811 bits per heavy atom. The molecule has 12 nitrogen and oxygen atoms in total. The normalized spacial score (nSPS) is 13.3. The Hall–Kier alpha value is -5.92. The number of esters is 1. The van der Waals surface area contributed by atoms with E-state index in [1.807, 2.05) is 83.4 Å². The van der Waals surface area contributed by atoms with Crippen LogP contribution in [0.4, 0.5) is 0 Å². The van der Waals surface area contributed by atoms with E-state index in [4.69, 9.17) is 14.3 Å². The van der Waals surface area contributed by atoms with Crippen molar-refractivity contribution in [1.82, 2.24) is 5.06 Å². The number of pyridine rings is 1. The van der Waals surface area contributed by atoms with Crippen LogP contribution in [0.3, 0.4) is 0 Å². The zero-order valence-corrected chi connectivity index (χ0v) is 30.1. The van der Waals surface area contributed by atoms with Gasteiger partial charge < -0.3 is 14.3 Å². The number of rotatable bonds is 12. The van der Waals surface area contributed by atoms with E-state index >= 15 is 0 Å². The van der Waals surface area contributed by atoms with Gasteiger partial charge in [0.1, 0.15) is 18.0 Å². The van der Waals surface area contributed by atoms with Crippen LogP contribution in [0.2, 0.25) is 0 Å². The number of aromatic nitrogens is 1. The predicted molar refractivity (Wildman–Crippen MR) is 197 cm³/mol. The Balaban J connectivity index is 1.39. The monoisotopic (exact) mass is 737 g/mol. The fraction of sp³-hybridized carbons (Fsp3) is 0.225. The number of benzene rings is 4. The average molecular weight is 738 g/mol. The first-order chi connectivity index (χ1) is 25.3. The van der Waals surface area contributed by atoms with Crippen LogP contribution in [0.5, 0.6) is 11.5 Å². The lowest BCUT2D eigenvalue weighted by molar-refractivity contribution is -0.645. The number of hydrogen-bond acceptors (Lipinski definition) is 9. The molecule has 1 fully saturated rings. The van der Waals surface area contributed by atoms with Gasteiger partial charge in [0.15, 0.2) is 0 Å². The SMILES string of the molecule is COc1ccc(C=Cc2ccc3c(c2)c(C(=O)Oc2c(C)cc(C(=O)ON4C(=O)CCC4=O)cc2C)c2ccccc2[n+]3CCCCS(=O)(=O)O)cc1. The fourth-order valence-electron chi connectivity index (χ4n) is 6.38. The number of ether oxygens (including phenoxy) is 2. The molecule has 6 rings (SSSR count). The van der Waals surface area contributed by atoms with Crippen molar-refractivity contribution >= 4 is 67.8 Å². The molecule has 1 aliphatic rings. The number of carbonyl (C=O) groups is 4. The quantitative estimate of drug-likeness (QED) is 0.0229. The maximum Gasteiger partial charge on any atom is 0.363 e. The molecule has 1 aliphatic heterocycles. The second-order valence-electron chi connectivity index (χ2n) is 12.7. The minimum atomic E-state index is -4.11. The zero-order chi connectivity index (χ0) is 37.9. The number of hydroxylamine groups is 2. The van der Waals surface area contributed by atoms with Crippen LogP contribution >= 0.6 is 0 Å². The highest BCUT2D eigenvalue weighted by Gasteiger charge is 2.33. The van der Waals surface area contributed by atoms with E-state index in [2.05, 4.69) is 0 Å². The Morgan fingerprint density at radius 2 is 1.43 bits per heavy atom. The summed E-state index contributed by atoms with van der Waals surface area (Å²) in [5, 5.41) is 1.68. The van der Waals surface area contributed by atoms with E-state index in [9.17, 15) is 32.1 Å². The van der Waals surface area contributed by atoms with Crippen molar-refractivity contribution < 1.29 is 51.0 Å². The van der Waals surface area contributed by atoms with Crippen molar-refractivity contribution in [1.29, 1.82) is 0 Å². The zero-order valence-electron chi connectivity index (χ0n) is 29.3. The number of hydrogen-bond donors (Lipinski definition) is 1. The summed E-state index contributed by atoms with van der Waals surface area (Å²) >= 11 is 0. The molecule has 13 heteroatoms. The number of imide groups is 1. The minimum Gasteiger partial charge on any atom is -0.497 e. The number of carbonyl (C=O) groups excluding carboxylic acids is 4. The van der Waals surface area contributed by atoms with Gasteiger partial charge >= 0.3 is 11.9 Å². The van der Waals surface area contributed by atoms with Crippen molar-refractivity contribution in [2.75, 3.05) is 12.9 Å². The van der Waals surface area contributed by atoms with Crippen LogP contribution in [0, 0.1) is 13.8 Å². The van der Waals surface area contributed by atoms with Gasteiger partial charge in [0.25, 0.3) is 21.9 Å². The smallest absolute Gasteiger partial charge is 0.363 e. The summed E-state index contributed by atoms with van der Waals surface area (Å²) in [7, 11) is -2.51. The maximum absolute atomic E-state index is 14.4. The first-order valence-electron chi connectivity index (χ1n) is 16.9. The number of fused-ring (bicyclic) bond motifs is 2. The van der Waals surface area contributed by atoms with Gasteiger partial charge in [-0.2, -0.15) is 13.0 Å². The third-order valence-electron chi connectivity index (χ3n) is 8.94. The largest absolute Gasteiger partial charge is 0.497 e. The lowest BCUT2D eigenvalue weighted by atomic mass is 9.99. The molecule has 272 valence electrons. The summed E-state index contributed by atoms with van der Waals surface area (Å²) in [5.41, 5.74) is 4.45. The third kappa shape index (κ3) is 8.27. The summed E-state index contributed by atoms with van der Waals surface area (Å²) in [6.45, 7) is 3.75. The molecule has 0 saturated carbocycles. The number of unbranched alkanes of at least 4 members (excludes halogenated alkanes) is 1. The molecular formula is C40H37N2O10S+. The van der Waals surface area contributed by atoms with Gasteiger partial charge in [-0.1, -0.05) is 36.4 Å². The van der Waals surface area contributed by atoms with E-state index < -0.39 is 33.9 Å². The topological polar surface area (TPSA) is 157 Å². The van der Waals surface area contributed by atoms with Crippen molar-refractivity contribution in [3.63, 3.8) is 0 Å². The van der Waals surface area contributed by atoms with Crippen LogP contribution in [0.1, 0.15) is 68.7 Å². The molecular weight excluding hydrogens is 701 g/mol. The van der Waals surface area contributed by atoms with Crippen LogP contribution in [0.25, 0.3) is 34.0 Å².